The first-order valence-electron chi connectivity index (χ1n) is 5.49. The molecule has 0 unspecified atom stereocenters. The Morgan fingerprint density at radius 2 is 2.00 bits per heavy atom. The highest BCUT2D eigenvalue weighted by molar-refractivity contribution is 7.17. The van der Waals surface area contributed by atoms with Crippen LogP contribution < -0.4 is 0 Å². The number of fused-ring (bicyclic) bond motifs is 2. The molecule has 4 heteroatoms. The summed E-state index contributed by atoms with van der Waals surface area (Å²) in [5.74, 6) is 0. The lowest BCUT2D eigenvalue weighted by Crippen LogP contribution is -1.84. The number of nitrogens with zero attached hydrogens (tertiary/aromatic N) is 2. The fraction of sp³-hybridized carbons (Fsp3) is 0. The summed E-state index contributed by atoms with van der Waals surface area (Å²) in [6, 6.07) is 6.35. The highest BCUT2D eigenvalue weighted by atomic mass is 32.1. The first kappa shape index (κ1) is 10.2. The molecule has 0 spiro atoms. The van der Waals surface area contributed by atoms with Gasteiger partial charge in [0.05, 0.1) is 15.1 Å². The molecule has 0 aromatic carbocycles. The van der Waals surface area contributed by atoms with E-state index in [4.69, 9.17) is 0 Å². The SMILES string of the molecule is [c]1ncc(-c2cc3ccsc3cn2)c2ccsc12. The Labute approximate surface area is 112 Å². The van der Waals surface area contributed by atoms with Crippen LogP contribution in [0, 0.1) is 6.20 Å². The predicted molar refractivity (Wildman–Crippen MR) is 77.1 cm³/mol. The summed E-state index contributed by atoms with van der Waals surface area (Å²) in [6.07, 6.45) is 6.79. The van der Waals surface area contributed by atoms with Crippen molar-refractivity contribution in [1.82, 2.24) is 9.97 Å². The van der Waals surface area contributed by atoms with Gasteiger partial charge in [-0.05, 0) is 34.3 Å². The van der Waals surface area contributed by atoms with Crippen molar-refractivity contribution < 1.29 is 0 Å². The normalized spacial score (nSPS) is 11.3. The van der Waals surface area contributed by atoms with Gasteiger partial charge in [-0.25, -0.2) is 0 Å². The average molecular weight is 267 g/mol. The fourth-order valence-corrected chi connectivity index (χ4v) is 3.54. The number of hydrogen-bond donors (Lipinski definition) is 0. The third-order valence-corrected chi connectivity index (χ3v) is 4.62. The lowest BCUT2D eigenvalue weighted by molar-refractivity contribution is 1.32. The molecule has 0 N–H and O–H groups in total. The van der Waals surface area contributed by atoms with E-state index in [1.165, 1.54) is 15.5 Å². The van der Waals surface area contributed by atoms with Gasteiger partial charge in [0.25, 0.3) is 0 Å². The monoisotopic (exact) mass is 267 g/mol. The molecule has 1 radical (unpaired) electrons. The number of aromatic nitrogens is 2. The number of hydrogen-bond acceptors (Lipinski definition) is 4. The van der Waals surface area contributed by atoms with Crippen LogP contribution in [-0.4, -0.2) is 9.97 Å². The standard InChI is InChI=1S/C14H7N2S2/c1-3-17-13-8-16-12(5-9(1)13)11-6-15-7-14-10(11)2-4-18-14/h1-6,8H. The van der Waals surface area contributed by atoms with Gasteiger partial charge in [0.2, 0.25) is 0 Å². The summed E-state index contributed by atoms with van der Waals surface area (Å²) >= 11 is 3.37. The summed E-state index contributed by atoms with van der Waals surface area (Å²) in [7, 11) is 0. The minimum Gasteiger partial charge on any atom is -0.255 e. The molecule has 0 aliphatic carbocycles. The fourth-order valence-electron chi connectivity index (χ4n) is 2.05. The molecular weight excluding hydrogens is 260 g/mol. The molecule has 4 rings (SSSR count). The molecule has 0 atom stereocenters. The van der Waals surface area contributed by atoms with Gasteiger partial charge < -0.3 is 0 Å². The van der Waals surface area contributed by atoms with Crippen molar-refractivity contribution in [3.8, 4) is 11.3 Å². The summed E-state index contributed by atoms with van der Waals surface area (Å²) in [4.78, 5) is 8.72. The van der Waals surface area contributed by atoms with Crippen LogP contribution in [0.1, 0.15) is 0 Å². The van der Waals surface area contributed by atoms with Gasteiger partial charge in [0, 0.05) is 23.3 Å². The Morgan fingerprint density at radius 1 is 1.06 bits per heavy atom. The van der Waals surface area contributed by atoms with E-state index in [-0.39, 0.29) is 0 Å². The molecule has 18 heavy (non-hydrogen) atoms. The molecule has 4 aromatic heterocycles. The summed E-state index contributed by atoms with van der Waals surface area (Å²) in [6.45, 7) is 0. The van der Waals surface area contributed by atoms with E-state index in [2.05, 4.69) is 45.1 Å². The lowest BCUT2D eigenvalue weighted by Gasteiger charge is -2.02. The van der Waals surface area contributed by atoms with Gasteiger partial charge in [-0.1, -0.05) is 0 Å². The highest BCUT2D eigenvalue weighted by Crippen LogP contribution is 2.31. The van der Waals surface area contributed by atoms with Crippen molar-refractivity contribution in [3.63, 3.8) is 0 Å². The van der Waals surface area contributed by atoms with Gasteiger partial charge in [0.1, 0.15) is 6.20 Å². The van der Waals surface area contributed by atoms with Crippen LogP contribution in [0.5, 0.6) is 0 Å². The third-order valence-electron chi connectivity index (χ3n) is 2.93. The average Bonchev–Trinajstić information content (AvgIpc) is 3.05. The molecule has 0 bridgehead atoms. The first-order chi connectivity index (χ1) is 8.92. The Kier molecular flexibility index (Phi) is 2.18. The Bertz CT molecular complexity index is 845. The van der Waals surface area contributed by atoms with E-state index in [0.29, 0.717) is 0 Å². The van der Waals surface area contributed by atoms with Crippen LogP contribution in [0.25, 0.3) is 31.4 Å². The molecular formula is C14H7N2S2. The number of pyridine rings is 2. The highest BCUT2D eigenvalue weighted by Gasteiger charge is 2.08. The van der Waals surface area contributed by atoms with E-state index in [1.54, 1.807) is 22.7 Å². The number of rotatable bonds is 1. The van der Waals surface area contributed by atoms with Crippen LogP contribution in [0.2, 0.25) is 0 Å². The maximum absolute atomic E-state index is 4.54. The van der Waals surface area contributed by atoms with Crippen LogP contribution in [0.4, 0.5) is 0 Å². The van der Waals surface area contributed by atoms with Crippen molar-refractivity contribution in [1.29, 1.82) is 0 Å². The number of thiophene rings is 2. The maximum atomic E-state index is 4.54. The van der Waals surface area contributed by atoms with E-state index >= 15 is 0 Å². The van der Waals surface area contributed by atoms with Crippen molar-refractivity contribution in [2.75, 3.05) is 0 Å². The summed E-state index contributed by atoms with van der Waals surface area (Å²) in [5.41, 5.74) is 2.06. The summed E-state index contributed by atoms with van der Waals surface area (Å²) in [5, 5.41) is 6.57. The van der Waals surface area contributed by atoms with E-state index < -0.39 is 0 Å². The van der Waals surface area contributed by atoms with Crippen LogP contribution in [0.15, 0.2) is 41.4 Å². The van der Waals surface area contributed by atoms with Gasteiger partial charge >= 0.3 is 0 Å². The molecule has 0 aliphatic heterocycles. The molecule has 0 aliphatic rings. The topological polar surface area (TPSA) is 25.8 Å². The lowest BCUT2D eigenvalue weighted by atomic mass is 10.1. The zero-order valence-corrected chi connectivity index (χ0v) is 10.9. The molecule has 0 saturated carbocycles. The summed E-state index contributed by atoms with van der Waals surface area (Å²) < 4.78 is 2.30. The van der Waals surface area contributed by atoms with Gasteiger partial charge in [0.15, 0.2) is 0 Å². The van der Waals surface area contributed by atoms with Crippen molar-refractivity contribution in [3.05, 3.63) is 47.5 Å². The van der Waals surface area contributed by atoms with Crippen LogP contribution in [-0.2, 0) is 0 Å². The first-order valence-corrected chi connectivity index (χ1v) is 7.25. The Balaban J connectivity index is 2.03. The van der Waals surface area contributed by atoms with Crippen molar-refractivity contribution in [2.45, 2.75) is 0 Å². The molecule has 0 saturated heterocycles. The minimum absolute atomic E-state index is 0.978. The van der Waals surface area contributed by atoms with E-state index in [0.717, 1.165) is 16.0 Å². The van der Waals surface area contributed by atoms with E-state index in [9.17, 15) is 0 Å². The minimum atomic E-state index is 0.978. The third kappa shape index (κ3) is 1.46. The molecule has 4 heterocycles. The quantitative estimate of drug-likeness (QED) is 0.511. The van der Waals surface area contributed by atoms with Crippen LogP contribution >= 0.6 is 22.7 Å². The van der Waals surface area contributed by atoms with E-state index in [1.807, 2.05) is 12.4 Å². The largest absolute Gasteiger partial charge is 0.255 e. The molecule has 4 aromatic rings. The second kappa shape index (κ2) is 3.86. The second-order valence-electron chi connectivity index (χ2n) is 3.98. The van der Waals surface area contributed by atoms with Gasteiger partial charge in [-0.3, -0.25) is 9.97 Å². The molecule has 85 valence electrons. The second-order valence-corrected chi connectivity index (χ2v) is 5.84. The van der Waals surface area contributed by atoms with Gasteiger partial charge in [-0.2, -0.15) is 0 Å². The van der Waals surface area contributed by atoms with Crippen molar-refractivity contribution in [2.24, 2.45) is 0 Å². The van der Waals surface area contributed by atoms with Gasteiger partial charge in [-0.15, -0.1) is 22.7 Å². The van der Waals surface area contributed by atoms with Crippen molar-refractivity contribution >= 4 is 42.8 Å². The zero-order valence-electron chi connectivity index (χ0n) is 9.25. The van der Waals surface area contributed by atoms with Crippen LogP contribution in [0.3, 0.4) is 0 Å². The Morgan fingerprint density at radius 3 is 3.00 bits per heavy atom. The molecule has 0 amide bonds. The molecule has 0 fully saturated rings. The molecule has 2 nitrogen and oxygen atoms in total. The maximum Gasteiger partial charge on any atom is 0.108 e. The Hall–Kier alpha value is -1.78. The zero-order chi connectivity index (χ0) is 11.9. The predicted octanol–water partition coefficient (Wildman–Crippen LogP) is 4.37. The smallest absolute Gasteiger partial charge is 0.108 e.